The van der Waals surface area contributed by atoms with Crippen LogP contribution in [0, 0.1) is 0 Å². The number of carbonyl (C=O) groups excluding carboxylic acids is 1. The van der Waals surface area contributed by atoms with Crippen LogP contribution in [0.2, 0.25) is 0 Å². The lowest BCUT2D eigenvalue weighted by atomic mass is 9.95. The van der Waals surface area contributed by atoms with E-state index in [-0.39, 0.29) is 5.91 Å². The number of carbonyl (C=O) groups is 1. The lowest BCUT2D eigenvalue weighted by Gasteiger charge is -2.28. The van der Waals surface area contributed by atoms with Crippen LogP contribution < -0.4 is 11.1 Å². The molecular weight excluding hydrogens is 246 g/mol. The van der Waals surface area contributed by atoms with Gasteiger partial charge in [0.25, 0.3) is 5.91 Å². The summed E-state index contributed by atoms with van der Waals surface area (Å²) in [4.78, 5) is 15.9. The van der Waals surface area contributed by atoms with Crippen molar-refractivity contribution in [2.75, 3.05) is 12.0 Å². The van der Waals surface area contributed by atoms with Gasteiger partial charge < -0.3 is 11.1 Å². The highest BCUT2D eigenvalue weighted by Gasteiger charge is 2.22. The molecule has 18 heavy (non-hydrogen) atoms. The van der Waals surface area contributed by atoms with Crippen molar-refractivity contribution in [2.24, 2.45) is 0 Å². The highest BCUT2D eigenvalue weighted by molar-refractivity contribution is 7.99. The molecule has 3 N–H and O–H groups in total. The summed E-state index contributed by atoms with van der Waals surface area (Å²) in [6.45, 7) is 0. The molecule has 1 fully saturated rings. The van der Waals surface area contributed by atoms with Crippen LogP contribution >= 0.6 is 11.8 Å². The second-order valence-corrected chi connectivity index (χ2v) is 5.79. The molecule has 0 saturated heterocycles. The highest BCUT2D eigenvalue weighted by atomic mass is 32.2. The zero-order chi connectivity index (χ0) is 13.0. The van der Waals surface area contributed by atoms with Gasteiger partial charge in [-0.15, -0.1) is 0 Å². The van der Waals surface area contributed by atoms with E-state index in [9.17, 15) is 4.79 Å². The Kier molecular flexibility index (Phi) is 4.47. The minimum Gasteiger partial charge on any atom is -0.384 e. The van der Waals surface area contributed by atoms with Gasteiger partial charge in [0.15, 0.2) is 0 Å². The largest absolute Gasteiger partial charge is 0.384 e. The molecule has 0 unspecified atom stereocenters. The molecule has 0 radical (unpaired) electrons. The average molecular weight is 265 g/mol. The van der Waals surface area contributed by atoms with Gasteiger partial charge in [-0.25, -0.2) is 4.98 Å². The predicted octanol–water partition coefficient (Wildman–Crippen LogP) is 2.07. The number of nitrogen functional groups attached to an aromatic ring is 1. The van der Waals surface area contributed by atoms with Crippen LogP contribution in [0.25, 0.3) is 0 Å². The standard InChI is InChI=1S/C13H19N3OS/c1-18-11-5-3-10(4-6-11)16-13(17)9-2-7-12(14)15-8-9/h2,7-8,10-11H,3-6H2,1H3,(H2,14,15)(H,16,17). The smallest absolute Gasteiger partial charge is 0.253 e. The molecule has 1 aromatic rings. The van der Waals surface area contributed by atoms with Crippen molar-refractivity contribution in [1.29, 1.82) is 0 Å². The summed E-state index contributed by atoms with van der Waals surface area (Å²) in [5.74, 6) is 0.391. The molecule has 1 saturated carbocycles. The van der Waals surface area contributed by atoms with Crippen molar-refractivity contribution < 1.29 is 4.79 Å². The van der Waals surface area contributed by atoms with Crippen LogP contribution in [0.3, 0.4) is 0 Å². The Morgan fingerprint density at radius 3 is 2.67 bits per heavy atom. The van der Waals surface area contributed by atoms with Crippen molar-refractivity contribution in [2.45, 2.75) is 37.0 Å². The zero-order valence-electron chi connectivity index (χ0n) is 10.6. The first-order chi connectivity index (χ1) is 8.69. The number of hydrogen-bond acceptors (Lipinski definition) is 4. The number of hydrogen-bond donors (Lipinski definition) is 2. The fourth-order valence-corrected chi connectivity index (χ4v) is 2.99. The van der Waals surface area contributed by atoms with Crippen LogP contribution in [0.5, 0.6) is 0 Å². The van der Waals surface area contributed by atoms with E-state index in [0.717, 1.165) is 18.1 Å². The minimum atomic E-state index is -0.0462. The van der Waals surface area contributed by atoms with Crippen LogP contribution in [0.15, 0.2) is 18.3 Å². The summed E-state index contributed by atoms with van der Waals surface area (Å²) in [5.41, 5.74) is 6.08. The van der Waals surface area contributed by atoms with Gasteiger partial charge >= 0.3 is 0 Å². The Hall–Kier alpha value is -1.23. The molecule has 2 rings (SSSR count). The Morgan fingerprint density at radius 1 is 1.39 bits per heavy atom. The third-order valence-corrected chi connectivity index (χ3v) is 4.53. The quantitative estimate of drug-likeness (QED) is 0.878. The van der Waals surface area contributed by atoms with E-state index in [1.165, 1.54) is 19.0 Å². The number of nitrogens with zero attached hydrogens (tertiary/aromatic N) is 1. The fraction of sp³-hybridized carbons (Fsp3) is 0.538. The maximum absolute atomic E-state index is 12.0. The molecule has 1 aliphatic rings. The minimum absolute atomic E-state index is 0.0462. The second kappa shape index (κ2) is 6.09. The lowest BCUT2D eigenvalue weighted by molar-refractivity contribution is 0.0928. The van der Waals surface area contributed by atoms with E-state index in [1.807, 2.05) is 11.8 Å². The van der Waals surface area contributed by atoms with E-state index in [4.69, 9.17) is 5.73 Å². The summed E-state index contributed by atoms with van der Waals surface area (Å²) < 4.78 is 0. The number of amides is 1. The molecule has 98 valence electrons. The van der Waals surface area contributed by atoms with Crippen LogP contribution in [0.4, 0.5) is 5.82 Å². The number of anilines is 1. The maximum atomic E-state index is 12.0. The monoisotopic (exact) mass is 265 g/mol. The molecular formula is C13H19N3OS. The Balaban J connectivity index is 1.86. The van der Waals surface area contributed by atoms with Crippen molar-refractivity contribution in [1.82, 2.24) is 10.3 Å². The summed E-state index contributed by atoms with van der Waals surface area (Å²) in [7, 11) is 0. The number of nitrogens with one attached hydrogen (secondary N) is 1. The van der Waals surface area contributed by atoms with Crippen molar-refractivity contribution in [3.63, 3.8) is 0 Å². The van der Waals surface area contributed by atoms with Gasteiger partial charge in [0.1, 0.15) is 5.82 Å². The van der Waals surface area contributed by atoms with E-state index >= 15 is 0 Å². The van der Waals surface area contributed by atoms with E-state index in [1.54, 1.807) is 12.1 Å². The number of pyridine rings is 1. The Morgan fingerprint density at radius 2 is 2.11 bits per heavy atom. The maximum Gasteiger partial charge on any atom is 0.253 e. The molecule has 4 nitrogen and oxygen atoms in total. The number of rotatable bonds is 3. The normalized spacial score (nSPS) is 23.6. The van der Waals surface area contributed by atoms with Gasteiger partial charge in [-0.05, 0) is 44.1 Å². The molecule has 1 aliphatic carbocycles. The summed E-state index contributed by atoms with van der Waals surface area (Å²) in [6.07, 6.45) is 8.19. The first kappa shape index (κ1) is 13.2. The van der Waals surface area contributed by atoms with Gasteiger partial charge in [-0.3, -0.25) is 4.79 Å². The molecule has 0 spiro atoms. The van der Waals surface area contributed by atoms with Gasteiger partial charge in [0, 0.05) is 17.5 Å². The molecule has 1 amide bonds. The summed E-state index contributed by atoms with van der Waals surface area (Å²) in [6, 6.07) is 3.67. The summed E-state index contributed by atoms with van der Waals surface area (Å²) >= 11 is 1.93. The molecule has 1 aromatic heterocycles. The van der Waals surface area contributed by atoms with E-state index < -0.39 is 0 Å². The third kappa shape index (κ3) is 3.38. The van der Waals surface area contributed by atoms with Crippen LogP contribution in [-0.2, 0) is 0 Å². The first-order valence-electron chi connectivity index (χ1n) is 6.24. The molecule has 0 aromatic carbocycles. The van der Waals surface area contributed by atoms with Crippen molar-refractivity contribution in [3.05, 3.63) is 23.9 Å². The molecule has 0 bridgehead atoms. The molecule has 0 atom stereocenters. The van der Waals surface area contributed by atoms with Crippen molar-refractivity contribution >= 4 is 23.5 Å². The highest BCUT2D eigenvalue weighted by Crippen LogP contribution is 2.26. The third-order valence-electron chi connectivity index (χ3n) is 3.39. The Labute approximate surface area is 112 Å². The van der Waals surface area contributed by atoms with Crippen LogP contribution in [0.1, 0.15) is 36.0 Å². The zero-order valence-corrected chi connectivity index (χ0v) is 11.4. The SMILES string of the molecule is CSC1CCC(NC(=O)c2ccc(N)nc2)CC1. The summed E-state index contributed by atoms with van der Waals surface area (Å²) in [5, 5.41) is 3.83. The van der Waals surface area contributed by atoms with Gasteiger partial charge in [-0.2, -0.15) is 11.8 Å². The Bertz CT molecular complexity index is 399. The van der Waals surface area contributed by atoms with Gasteiger partial charge in [-0.1, -0.05) is 0 Å². The van der Waals surface area contributed by atoms with Gasteiger partial charge in [0.2, 0.25) is 0 Å². The fourth-order valence-electron chi connectivity index (χ4n) is 2.25. The average Bonchev–Trinajstić information content (AvgIpc) is 2.40. The predicted molar refractivity (Wildman–Crippen MR) is 75.7 cm³/mol. The lowest BCUT2D eigenvalue weighted by Crippen LogP contribution is -2.38. The number of nitrogens with two attached hydrogens (primary N) is 1. The molecule has 0 aliphatic heterocycles. The molecule has 5 heteroatoms. The number of thioether (sulfide) groups is 1. The van der Waals surface area contributed by atoms with E-state index in [0.29, 0.717) is 17.4 Å². The van der Waals surface area contributed by atoms with E-state index in [2.05, 4.69) is 16.6 Å². The first-order valence-corrected chi connectivity index (χ1v) is 7.53. The van der Waals surface area contributed by atoms with Crippen LogP contribution in [-0.4, -0.2) is 28.4 Å². The second-order valence-electron chi connectivity index (χ2n) is 4.65. The topological polar surface area (TPSA) is 68.0 Å². The van der Waals surface area contributed by atoms with Crippen molar-refractivity contribution in [3.8, 4) is 0 Å². The molecule has 1 heterocycles. The number of aromatic nitrogens is 1. The van der Waals surface area contributed by atoms with Gasteiger partial charge in [0.05, 0.1) is 5.56 Å².